The molecule has 1 aliphatic rings. The lowest BCUT2D eigenvalue weighted by Gasteiger charge is -2.30. The molecule has 1 aliphatic heterocycles. The Hall–Kier alpha value is -3.01. The highest BCUT2D eigenvalue weighted by Gasteiger charge is 2.32. The van der Waals surface area contributed by atoms with Gasteiger partial charge in [-0.15, -0.1) is 5.10 Å². The predicted molar refractivity (Wildman–Crippen MR) is 108 cm³/mol. The largest absolute Gasteiger partial charge is 0.416 e. The number of alkyl halides is 3. The lowest BCUT2D eigenvalue weighted by atomic mass is 10.0. The highest BCUT2D eigenvalue weighted by Crippen LogP contribution is 2.37. The summed E-state index contributed by atoms with van der Waals surface area (Å²) in [7, 11) is 1.79. The van der Waals surface area contributed by atoms with Crippen LogP contribution in [0.1, 0.15) is 42.9 Å². The summed E-state index contributed by atoms with van der Waals surface area (Å²) in [6.07, 6.45) is 0.998. The first-order valence-corrected chi connectivity index (χ1v) is 10.1. The zero-order valence-corrected chi connectivity index (χ0v) is 17.1. The number of aryl methyl sites for hydroxylation is 1. The molecule has 3 aromatic heterocycles. The Balaban J connectivity index is 1.75. The summed E-state index contributed by atoms with van der Waals surface area (Å²) < 4.78 is 49.7. The fraction of sp³-hybridized carbons (Fsp3) is 0.429. The third-order valence-corrected chi connectivity index (χ3v) is 5.73. The van der Waals surface area contributed by atoms with Crippen molar-refractivity contribution in [3.05, 3.63) is 47.7 Å². The van der Waals surface area contributed by atoms with Crippen LogP contribution in [0.4, 0.5) is 13.2 Å². The minimum Gasteiger partial charge on any atom is -0.378 e. The highest BCUT2D eigenvalue weighted by molar-refractivity contribution is 6.02. The summed E-state index contributed by atoms with van der Waals surface area (Å²) in [5.74, 6) is 0.737. The third-order valence-electron chi connectivity index (χ3n) is 5.73. The molecule has 0 unspecified atom stereocenters. The molecule has 1 saturated heterocycles. The molecular formula is C21H21F3N6O. The molecule has 1 aromatic carbocycles. The van der Waals surface area contributed by atoms with Crippen LogP contribution in [0.2, 0.25) is 0 Å². The number of benzene rings is 1. The van der Waals surface area contributed by atoms with Gasteiger partial charge in [-0.05, 0) is 38.0 Å². The second-order valence-corrected chi connectivity index (χ2v) is 8.04. The van der Waals surface area contributed by atoms with Crippen LogP contribution in [-0.4, -0.2) is 42.2 Å². The van der Waals surface area contributed by atoms with Gasteiger partial charge in [-0.25, -0.2) is 4.98 Å². The van der Waals surface area contributed by atoms with Gasteiger partial charge < -0.3 is 9.30 Å². The molecule has 0 amide bonds. The number of aromatic nitrogens is 6. The second-order valence-electron chi connectivity index (χ2n) is 8.04. The van der Waals surface area contributed by atoms with Crippen LogP contribution in [0, 0.1) is 0 Å². The van der Waals surface area contributed by atoms with E-state index in [0.29, 0.717) is 35.0 Å². The number of nitrogens with zero attached hydrogens (tertiary/aromatic N) is 6. The Kier molecular flexibility index (Phi) is 4.69. The first-order chi connectivity index (χ1) is 14.8. The van der Waals surface area contributed by atoms with Crippen molar-refractivity contribution in [2.75, 3.05) is 6.61 Å². The number of hydrogen-bond acceptors (Lipinski definition) is 5. The fourth-order valence-corrected chi connectivity index (χ4v) is 4.37. The van der Waals surface area contributed by atoms with Crippen LogP contribution in [0.25, 0.3) is 21.9 Å². The van der Waals surface area contributed by atoms with E-state index in [0.717, 1.165) is 30.4 Å². The lowest BCUT2D eigenvalue weighted by Crippen LogP contribution is -2.26. The van der Waals surface area contributed by atoms with Crippen molar-refractivity contribution in [1.82, 2.24) is 29.5 Å². The maximum atomic E-state index is 13.4. The topological polar surface area (TPSA) is 70.7 Å². The number of fused-ring (bicyclic) bond motifs is 3. The molecule has 0 spiro atoms. The zero-order chi connectivity index (χ0) is 21.8. The molecule has 7 nitrogen and oxygen atoms in total. The van der Waals surface area contributed by atoms with Gasteiger partial charge in [0.15, 0.2) is 0 Å². The number of rotatable bonds is 3. The molecule has 2 atom stereocenters. The first-order valence-electron chi connectivity index (χ1n) is 10.1. The first kappa shape index (κ1) is 19.9. The maximum absolute atomic E-state index is 13.4. The Morgan fingerprint density at radius 1 is 1.23 bits per heavy atom. The fourth-order valence-electron chi connectivity index (χ4n) is 4.37. The molecule has 5 rings (SSSR count). The Bertz CT molecular complexity index is 1260. The van der Waals surface area contributed by atoms with Gasteiger partial charge in [0, 0.05) is 31.3 Å². The van der Waals surface area contributed by atoms with E-state index >= 15 is 0 Å². The van der Waals surface area contributed by atoms with Crippen molar-refractivity contribution in [3.8, 4) is 0 Å². The van der Waals surface area contributed by atoms with E-state index in [1.165, 1.54) is 12.1 Å². The van der Waals surface area contributed by atoms with E-state index in [1.54, 1.807) is 17.9 Å². The van der Waals surface area contributed by atoms with E-state index in [4.69, 9.17) is 9.72 Å². The molecule has 4 heterocycles. The number of ether oxygens (including phenoxy) is 1. The molecule has 0 bridgehead atoms. The number of halogens is 3. The predicted octanol–water partition coefficient (Wildman–Crippen LogP) is 4.06. The average Bonchev–Trinajstić information content (AvgIpc) is 3.30. The summed E-state index contributed by atoms with van der Waals surface area (Å²) in [5.41, 5.74) is 1.80. The van der Waals surface area contributed by atoms with Crippen molar-refractivity contribution in [2.24, 2.45) is 7.05 Å². The molecule has 31 heavy (non-hydrogen) atoms. The van der Waals surface area contributed by atoms with Crippen LogP contribution < -0.4 is 0 Å². The average molecular weight is 430 g/mol. The monoisotopic (exact) mass is 430 g/mol. The van der Waals surface area contributed by atoms with Crippen LogP contribution in [0.3, 0.4) is 0 Å². The van der Waals surface area contributed by atoms with Gasteiger partial charge in [0.05, 0.1) is 41.0 Å². The molecular weight excluding hydrogens is 409 g/mol. The highest BCUT2D eigenvalue weighted by atomic mass is 19.4. The van der Waals surface area contributed by atoms with E-state index in [1.807, 2.05) is 13.1 Å². The van der Waals surface area contributed by atoms with E-state index < -0.39 is 11.7 Å². The molecule has 10 heteroatoms. The molecule has 1 fully saturated rings. The Labute approximate surface area is 175 Å². The van der Waals surface area contributed by atoms with E-state index in [2.05, 4.69) is 19.9 Å². The van der Waals surface area contributed by atoms with Gasteiger partial charge in [0.2, 0.25) is 0 Å². The normalized spacial score (nSPS) is 20.0. The van der Waals surface area contributed by atoms with Gasteiger partial charge in [-0.1, -0.05) is 5.21 Å². The zero-order valence-electron chi connectivity index (χ0n) is 17.1. The van der Waals surface area contributed by atoms with Crippen molar-refractivity contribution >= 4 is 21.9 Å². The molecule has 0 N–H and O–H groups in total. The minimum absolute atomic E-state index is 0.0550. The molecule has 0 saturated carbocycles. The van der Waals surface area contributed by atoms with Crippen molar-refractivity contribution < 1.29 is 17.9 Å². The standard InChI is InChI=1S/C21H21F3N6O/c1-12-7-15(5-6-31-12)30-19(9-14-11-29(2)28-27-14)26-18-10-25-17-4-3-13(21(22,23)24)8-16(17)20(18)30/h3-4,8,10-12,15H,5-7,9H2,1-2H3/t12-,15-/m1/s1. The molecule has 4 aromatic rings. The lowest BCUT2D eigenvalue weighted by molar-refractivity contribution is -0.137. The number of hydrogen-bond donors (Lipinski definition) is 0. The Morgan fingerprint density at radius 2 is 2.06 bits per heavy atom. The summed E-state index contributed by atoms with van der Waals surface area (Å²) in [4.78, 5) is 9.12. The van der Waals surface area contributed by atoms with Gasteiger partial charge in [-0.3, -0.25) is 9.67 Å². The third kappa shape index (κ3) is 3.65. The molecule has 0 radical (unpaired) electrons. The van der Waals surface area contributed by atoms with Crippen molar-refractivity contribution in [1.29, 1.82) is 0 Å². The molecule has 0 aliphatic carbocycles. The maximum Gasteiger partial charge on any atom is 0.416 e. The second kappa shape index (κ2) is 7.30. The van der Waals surface area contributed by atoms with E-state index in [-0.39, 0.29) is 12.1 Å². The van der Waals surface area contributed by atoms with E-state index in [9.17, 15) is 13.2 Å². The number of pyridine rings is 1. The number of imidazole rings is 1. The van der Waals surface area contributed by atoms with Crippen LogP contribution in [0.5, 0.6) is 0 Å². The van der Waals surface area contributed by atoms with Gasteiger partial charge in [-0.2, -0.15) is 13.2 Å². The van der Waals surface area contributed by atoms with Gasteiger partial charge >= 0.3 is 6.18 Å². The summed E-state index contributed by atoms with van der Waals surface area (Å²) in [5, 5.41) is 8.59. The Morgan fingerprint density at radius 3 is 2.77 bits per heavy atom. The SMILES string of the molecule is C[C@@H]1C[C@H](n2c(Cc3cn(C)nn3)nc3cnc4ccc(C(F)(F)F)cc4c32)CCO1. The van der Waals surface area contributed by atoms with Gasteiger partial charge in [0.1, 0.15) is 11.3 Å². The smallest absolute Gasteiger partial charge is 0.378 e. The van der Waals surface area contributed by atoms with Crippen LogP contribution >= 0.6 is 0 Å². The quantitative estimate of drug-likeness (QED) is 0.490. The summed E-state index contributed by atoms with van der Waals surface area (Å²) in [6, 6.07) is 3.72. The van der Waals surface area contributed by atoms with Crippen LogP contribution in [0.15, 0.2) is 30.6 Å². The van der Waals surface area contributed by atoms with Crippen molar-refractivity contribution in [3.63, 3.8) is 0 Å². The summed E-state index contributed by atoms with van der Waals surface area (Å²) >= 11 is 0. The van der Waals surface area contributed by atoms with Gasteiger partial charge in [0.25, 0.3) is 0 Å². The summed E-state index contributed by atoms with van der Waals surface area (Å²) in [6.45, 7) is 2.60. The van der Waals surface area contributed by atoms with Crippen LogP contribution in [-0.2, 0) is 24.4 Å². The van der Waals surface area contributed by atoms with Crippen molar-refractivity contribution in [2.45, 2.75) is 44.5 Å². The minimum atomic E-state index is -4.43. The molecule has 162 valence electrons.